The van der Waals surface area contributed by atoms with Crippen LogP contribution in [0.5, 0.6) is 0 Å². The van der Waals surface area contributed by atoms with Crippen LogP contribution < -0.4 is 10.9 Å². The summed E-state index contributed by atoms with van der Waals surface area (Å²) in [6.07, 6.45) is 1.66. The van der Waals surface area contributed by atoms with Gasteiger partial charge in [0.15, 0.2) is 9.84 Å². The predicted octanol–water partition coefficient (Wildman–Crippen LogP) is 0.743. The maximum Gasteiger partial charge on any atom is 0.261 e. The van der Waals surface area contributed by atoms with Gasteiger partial charge in [-0.15, -0.1) is 0 Å². The lowest BCUT2D eigenvalue weighted by atomic mass is 10.0. The molecular weight excluding hydrogens is 354 g/mol. The van der Waals surface area contributed by atoms with Gasteiger partial charge in [0, 0.05) is 5.02 Å². The Hall–Kier alpha value is -1.93. The summed E-state index contributed by atoms with van der Waals surface area (Å²) < 4.78 is 24.4. The first-order valence-electron chi connectivity index (χ1n) is 7.34. The van der Waals surface area contributed by atoms with Crippen molar-refractivity contribution in [3.63, 3.8) is 0 Å². The van der Waals surface area contributed by atoms with Crippen LogP contribution in [0.25, 0.3) is 10.9 Å². The Bertz CT molecular complexity index is 986. The summed E-state index contributed by atoms with van der Waals surface area (Å²) in [4.78, 5) is 28.8. The zero-order valence-corrected chi connectivity index (χ0v) is 14.5. The van der Waals surface area contributed by atoms with Crippen molar-refractivity contribution >= 4 is 38.2 Å². The summed E-state index contributed by atoms with van der Waals surface area (Å²) in [6, 6.07) is 4.77. The highest BCUT2D eigenvalue weighted by molar-refractivity contribution is 7.91. The second-order valence-corrected chi connectivity index (χ2v) is 8.91. The fourth-order valence-electron chi connectivity index (χ4n) is 2.88. The van der Waals surface area contributed by atoms with Crippen molar-refractivity contribution < 1.29 is 13.2 Å². The number of aromatic nitrogens is 2. The van der Waals surface area contributed by atoms with Gasteiger partial charge in [-0.05, 0) is 31.5 Å². The smallest absolute Gasteiger partial charge is 0.261 e. The minimum atomic E-state index is -3.12. The maximum absolute atomic E-state index is 12.4. The molecule has 0 spiro atoms. The zero-order chi connectivity index (χ0) is 17.5. The van der Waals surface area contributed by atoms with E-state index in [0.717, 1.165) is 0 Å². The fraction of sp³-hybridized carbons (Fsp3) is 0.400. The molecule has 2 heterocycles. The van der Waals surface area contributed by atoms with Gasteiger partial charge in [-0.1, -0.05) is 11.6 Å². The van der Waals surface area contributed by atoms with E-state index in [0.29, 0.717) is 22.3 Å². The molecule has 0 saturated carbocycles. The first-order valence-corrected chi connectivity index (χ1v) is 9.54. The van der Waals surface area contributed by atoms with Gasteiger partial charge in [0.25, 0.3) is 5.56 Å². The van der Waals surface area contributed by atoms with Gasteiger partial charge >= 0.3 is 0 Å². The standard InChI is InChI=1S/C15H16ClN3O4S/c1-15(4-5-24(22,23)8-15)18-13(20)7-19-9-17-12-3-2-10(16)6-11(12)14(19)21/h2-3,6,9H,4-5,7-8H2,1H3,(H,18,20)/t15-/m0/s1. The first-order chi connectivity index (χ1) is 11.2. The molecule has 9 heteroatoms. The third kappa shape index (κ3) is 3.44. The lowest BCUT2D eigenvalue weighted by Gasteiger charge is -2.24. The summed E-state index contributed by atoms with van der Waals surface area (Å²) >= 11 is 5.90. The summed E-state index contributed by atoms with van der Waals surface area (Å²) in [7, 11) is -3.12. The van der Waals surface area contributed by atoms with E-state index in [4.69, 9.17) is 11.6 Å². The molecule has 1 amide bonds. The number of amides is 1. The van der Waals surface area contributed by atoms with E-state index in [1.807, 2.05) is 0 Å². The van der Waals surface area contributed by atoms with E-state index in [9.17, 15) is 18.0 Å². The average Bonchev–Trinajstić information content (AvgIpc) is 2.76. The van der Waals surface area contributed by atoms with E-state index in [2.05, 4.69) is 10.3 Å². The summed E-state index contributed by atoms with van der Waals surface area (Å²) in [5.41, 5.74) is -0.677. The molecule has 0 unspecified atom stereocenters. The molecule has 1 atom stereocenters. The largest absolute Gasteiger partial charge is 0.348 e. The SMILES string of the molecule is C[C@]1(NC(=O)Cn2cnc3ccc(Cl)cc3c2=O)CCS(=O)(=O)C1. The highest BCUT2D eigenvalue weighted by Crippen LogP contribution is 2.22. The number of benzene rings is 1. The molecular formula is C15H16ClN3O4S. The Kier molecular flexibility index (Phi) is 4.13. The molecule has 1 fully saturated rings. The normalized spacial score (nSPS) is 22.6. The number of halogens is 1. The third-order valence-electron chi connectivity index (χ3n) is 4.04. The molecule has 128 valence electrons. The van der Waals surface area contributed by atoms with Gasteiger partial charge in [0.1, 0.15) is 6.54 Å². The van der Waals surface area contributed by atoms with Crippen LogP contribution in [0, 0.1) is 0 Å². The quantitative estimate of drug-likeness (QED) is 0.860. The van der Waals surface area contributed by atoms with Crippen LogP contribution in [-0.4, -0.2) is 40.9 Å². The first kappa shape index (κ1) is 16.9. The van der Waals surface area contributed by atoms with Crippen molar-refractivity contribution in [2.45, 2.75) is 25.4 Å². The predicted molar refractivity (Wildman–Crippen MR) is 90.8 cm³/mol. The van der Waals surface area contributed by atoms with Crippen LogP contribution in [0.1, 0.15) is 13.3 Å². The molecule has 3 rings (SSSR count). The van der Waals surface area contributed by atoms with Crippen molar-refractivity contribution in [1.29, 1.82) is 0 Å². The van der Waals surface area contributed by atoms with Crippen LogP contribution in [0.2, 0.25) is 5.02 Å². The Morgan fingerprint density at radius 2 is 2.21 bits per heavy atom. The van der Waals surface area contributed by atoms with Crippen molar-refractivity contribution in [2.24, 2.45) is 0 Å². The number of hydrogen-bond acceptors (Lipinski definition) is 5. The highest BCUT2D eigenvalue weighted by atomic mass is 35.5. The number of nitrogens with zero attached hydrogens (tertiary/aromatic N) is 2. The average molecular weight is 370 g/mol. The molecule has 1 N–H and O–H groups in total. The van der Waals surface area contributed by atoms with Crippen LogP contribution >= 0.6 is 11.6 Å². The van der Waals surface area contributed by atoms with Crippen molar-refractivity contribution in [3.8, 4) is 0 Å². The third-order valence-corrected chi connectivity index (χ3v) is 6.18. The maximum atomic E-state index is 12.4. The second-order valence-electron chi connectivity index (χ2n) is 6.29. The number of rotatable bonds is 3. The van der Waals surface area contributed by atoms with Crippen LogP contribution in [0.4, 0.5) is 0 Å². The molecule has 1 saturated heterocycles. The number of hydrogen-bond donors (Lipinski definition) is 1. The van der Waals surface area contributed by atoms with Gasteiger partial charge in [0.05, 0.1) is 34.3 Å². The minimum absolute atomic E-state index is 0.0553. The van der Waals surface area contributed by atoms with E-state index in [1.165, 1.54) is 17.0 Å². The fourth-order valence-corrected chi connectivity index (χ4v) is 5.15. The van der Waals surface area contributed by atoms with E-state index in [1.54, 1.807) is 19.1 Å². The van der Waals surface area contributed by atoms with Crippen LogP contribution in [0.3, 0.4) is 0 Å². The molecule has 0 radical (unpaired) electrons. The monoisotopic (exact) mass is 369 g/mol. The topological polar surface area (TPSA) is 98.1 Å². The van der Waals surface area contributed by atoms with E-state index in [-0.39, 0.29) is 23.6 Å². The van der Waals surface area contributed by atoms with Gasteiger partial charge in [-0.25, -0.2) is 13.4 Å². The number of carbonyl (C=O) groups excluding carboxylic acids is 1. The zero-order valence-electron chi connectivity index (χ0n) is 13.0. The molecule has 1 aromatic heterocycles. The number of carbonyl (C=O) groups is 1. The molecule has 2 aromatic rings. The Morgan fingerprint density at radius 1 is 1.46 bits per heavy atom. The Morgan fingerprint density at radius 3 is 2.88 bits per heavy atom. The van der Waals surface area contributed by atoms with Crippen molar-refractivity contribution in [1.82, 2.24) is 14.9 Å². The molecule has 1 aromatic carbocycles. The van der Waals surface area contributed by atoms with Gasteiger partial charge in [-0.2, -0.15) is 0 Å². The summed E-state index contributed by atoms with van der Waals surface area (Å²) in [5.74, 6) is -0.466. The number of fused-ring (bicyclic) bond motifs is 1. The number of sulfone groups is 1. The van der Waals surface area contributed by atoms with E-state index >= 15 is 0 Å². The molecule has 0 aliphatic carbocycles. The molecule has 1 aliphatic heterocycles. The minimum Gasteiger partial charge on any atom is -0.348 e. The lowest BCUT2D eigenvalue weighted by molar-refractivity contribution is -0.123. The van der Waals surface area contributed by atoms with Gasteiger partial charge in [-0.3, -0.25) is 14.2 Å². The van der Waals surface area contributed by atoms with Gasteiger partial charge < -0.3 is 5.32 Å². The Labute approximate surface area is 143 Å². The highest BCUT2D eigenvalue weighted by Gasteiger charge is 2.39. The molecule has 24 heavy (non-hydrogen) atoms. The summed E-state index contributed by atoms with van der Waals surface area (Å²) in [6.45, 7) is 1.46. The van der Waals surface area contributed by atoms with Crippen molar-refractivity contribution in [2.75, 3.05) is 11.5 Å². The van der Waals surface area contributed by atoms with Crippen molar-refractivity contribution in [3.05, 3.63) is 39.9 Å². The molecule has 0 bridgehead atoms. The summed E-state index contributed by atoms with van der Waals surface area (Å²) in [5, 5.41) is 3.45. The molecule has 1 aliphatic rings. The molecule has 7 nitrogen and oxygen atoms in total. The van der Waals surface area contributed by atoms with Crippen LogP contribution in [0.15, 0.2) is 29.3 Å². The second kappa shape index (κ2) is 5.86. The van der Waals surface area contributed by atoms with E-state index < -0.39 is 21.3 Å². The van der Waals surface area contributed by atoms with Crippen LogP contribution in [-0.2, 0) is 21.2 Å². The van der Waals surface area contributed by atoms with Gasteiger partial charge in [0.2, 0.25) is 5.91 Å². The lowest BCUT2D eigenvalue weighted by Crippen LogP contribution is -2.48. The Balaban J connectivity index is 1.81. The number of nitrogens with one attached hydrogen (secondary N) is 1.